The molecule has 2 saturated carbocycles. The normalized spacial score (nSPS) is 33.9. The molecule has 0 bridgehead atoms. The molecule has 0 aromatic rings. The third-order valence-corrected chi connectivity index (χ3v) is 5.28. The van der Waals surface area contributed by atoms with Crippen LogP contribution >= 0.6 is 0 Å². The van der Waals surface area contributed by atoms with Crippen molar-refractivity contribution in [3.63, 3.8) is 0 Å². The molecule has 4 heteroatoms. The topological polar surface area (TPSA) is 66.4 Å². The number of carbonyl (C=O) groups excluding carboxylic acids is 1. The molecule has 0 heterocycles. The summed E-state index contributed by atoms with van der Waals surface area (Å²) in [6.45, 7) is 2.98. The van der Waals surface area contributed by atoms with Crippen molar-refractivity contribution in [3.05, 3.63) is 0 Å². The van der Waals surface area contributed by atoms with Crippen LogP contribution in [-0.2, 0) is 9.59 Å². The van der Waals surface area contributed by atoms with Crippen LogP contribution in [-0.4, -0.2) is 23.5 Å². The van der Waals surface area contributed by atoms with Crippen molar-refractivity contribution in [1.82, 2.24) is 5.32 Å². The standard InChI is InChI=1S/C16H27NO3/c1-2-11-6-8-12(9-7-11)10-17-15(18)13-4-3-5-14(13)16(19)20/h11-14H,2-10H2,1H3,(H,17,18)(H,19,20). The van der Waals surface area contributed by atoms with E-state index in [9.17, 15) is 9.59 Å². The number of carbonyl (C=O) groups is 2. The number of rotatable bonds is 5. The molecule has 0 spiro atoms. The Labute approximate surface area is 121 Å². The molecule has 0 saturated heterocycles. The summed E-state index contributed by atoms with van der Waals surface area (Å²) in [4.78, 5) is 23.3. The first-order valence-electron chi connectivity index (χ1n) is 8.12. The molecule has 2 N–H and O–H groups in total. The summed E-state index contributed by atoms with van der Waals surface area (Å²) in [5.74, 6) is -0.163. The Morgan fingerprint density at radius 2 is 1.60 bits per heavy atom. The Kier molecular flexibility index (Phi) is 5.44. The van der Waals surface area contributed by atoms with Gasteiger partial charge in [-0.25, -0.2) is 0 Å². The fourth-order valence-electron chi connectivity index (χ4n) is 3.79. The van der Waals surface area contributed by atoms with Gasteiger partial charge in [-0.15, -0.1) is 0 Å². The number of nitrogens with one attached hydrogen (secondary N) is 1. The van der Waals surface area contributed by atoms with Crippen molar-refractivity contribution in [3.8, 4) is 0 Å². The third-order valence-electron chi connectivity index (χ3n) is 5.28. The summed E-state index contributed by atoms with van der Waals surface area (Å²) >= 11 is 0. The molecule has 0 aliphatic heterocycles. The summed E-state index contributed by atoms with van der Waals surface area (Å²) in [6.07, 6.45) is 8.45. The van der Waals surface area contributed by atoms with E-state index in [4.69, 9.17) is 5.11 Å². The van der Waals surface area contributed by atoms with Crippen LogP contribution in [0.1, 0.15) is 58.3 Å². The molecule has 2 unspecified atom stereocenters. The Hall–Kier alpha value is -1.06. The van der Waals surface area contributed by atoms with Crippen LogP contribution in [0.25, 0.3) is 0 Å². The highest BCUT2D eigenvalue weighted by Gasteiger charge is 2.37. The molecule has 0 radical (unpaired) electrons. The zero-order valence-electron chi connectivity index (χ0n) is 12.4. The van der Waals surface area contributed by atoms with E-state index >= 15 is 0 Å². The number of hydrogen-bond donors (Lipinski definition) is 2. The minimum atomic E-state index is -0.814. The summed E-state index contributed by atoms with van der Waals surface area (Å²) in [7, 11) is 0. The monoisotopic (exact) mass is 281 g/mol. The van der Waals surface area contributed by atoms with Gasteiger partial charge in [0.1, 0.15) is 0 Å². The molecule has 20 heavy (non-hydrogen) atoms. The van der Waals surface area contributed by atoms with Crippen molar-refractivity contribution < 1.29 is 14.7 Å². The lowest BCUT2D eigenvalue weighted by Gasteiger charge is -2.28. The lowest BCUT2D eigenvalue weighted by atomic mass is 9.81. The summed E-state index contributed by atoms with van der Waals surface area (Å²) in [6, 6.07) is 0. The molecule has 2 aliphatic carbocycles. The van der Waals surface area contributed by atoms with Crippen LogP contribution < -0.4 is 5.32 Å². The molecule has 2 fully saturated rings. The Morgan fingerprint density at radius 1 is 1.00 bits per heavy atom. The van der Waals surface area contributed by atoms with Crippen molar-refractivity contribution in [2.45, 2.75) is 58.3 Å². The maximum atomic E-state index is 12.1. The zero-order chi connectivity index (χ0) is 14.5. The molecule has 2 aliphatic rings. The highest BCUT2D eigenvalue weighted by Crippen LogP contribution is 2.33. The van der Waals surface area contributed by atoms with Crippen LogP contribution in [0.2, 0.25) is 0 Å². The Balaban J connectivity index is 1.74. The molecule has 0 aromatic heterocycles. The van der Waals surface area contributed by atoms with Gasteiger partial charge in [0.15, 0.2) is 0 Å². The minimum absolute atomic E-state index is 0.0347. The SMILES string of the molecule is CCC1CCC(CNC(=O)C2CCCC2C(=O)O)CC1. The maximum absolute atomic E-state index is 12.1. The maximum Gasteiger partial charge on any atom is 0.307 e. The largest absolute Gasteiger partial charge is 0.481 e. The predicted molar refractivity (Wildman–Crippen MR) is 77.2 cm³/mol. The molecule has 2 rings (SSSR count). The fraction of sp³-hybridized carbons (Fsp3) is 0.875. The number of carboxylic acid groups (broad SMARTS) is 1. The fourth-order valence-corrected chi connectivity index (χ4v) is 3.79. The van der Waals surface area contributed by atoms with Gasteiger partial charge in [-0.05, 0) is 37.5 Å². The first kappa shape index (κ1) is 15.3. The molecule has 2 atom stereocenters. The lowest BCUT2D eigenvalue weighted by molar-refractivity contribution is -0.146. The number of carboxylic acids is 1. The Morgan fingerprint density at radius 3 is 2.20 bits per heavy atom. The van der Waals surface area contributed by atoms with Crippen LogP contribution in [0.4, 0.5) is 0 Å². The number of aliphatic carboxylic acids is 1. The van der Waals surface area contributed by atoms with Gasteiger partial charge in [0, 0.05) is 6.54 Å². The van der Waals surface area contributed by atoms with E-state index in [2.05, 4.69) is 12.2 Å². The van der Waals surface area contributed by atoms with E-state index in [1.807, 2.05) is 0 Å². The quantitative estimate of drug-likeness (QED) is 0.814. The van der Waals surface area contributed by atoms with Gasteiger partial charge in [-0.1, -0.05) is 32.6 Å². The molecule has 0 aromatic carbocycles. The summed E-state index contributed by atoms with van der Waals surface area (Å²) in [5.41, 5.74) is 0. The van der Waals surface area contributed by atoms with Gasteiger partial charge >= 0.3 is 5.97 Å². The highest BCUT2D eigenvalue weighted by atomic mass is 16.4. The van der Waals surface area contributed by atoms with Crippen LogP contribution in [0.5, 0.6) is 0 Å². The average molecular weight is 281 g/mol. The second-order valence-corrected chi connectivity index (χ2v) is 6.52. The van der Waals surface area contributed by atoms with Gasteiger partial charge in [-0.2, -0.15) is 0 Å². The summed E-state index contributed by atoms with van der Waals surface area (Å²) < 4.78 is 0. The highest BCUT2D eigenvalue weighted by molar-refractivity contribution is 5.85. The van der Waals surface area contributed by atoms with Crippen molar-refractivity contribution in [2.24, 2.45) is 23.7 Å². The van der Waals surface area contributed by atoms with E-state index in [0.29, 0.717) is 12.3 Å². The minimum Gasteiger partial charge on any atom is -0.481 e. The molecule has 4 nitrogen and oxygen atoms in total. The number of amides is 1. The first-order chi connectivity index (χ1) is 9.61. The van der Waals surface area contributed by atoms with E-state index in [1.54, 1.807) is 0 Å². The van der Waals surface area contributed by atoms with E-state index in [0.717, 1.165) is 25.3 Å². The van der Waals surface area contributed by atoms with Gasteiger partial charge in [0.25, 0.3) is 0 Å². The lowest BCUT2D eigenvalue weighted by Crippen LogP contribution is -2.38. The summed E-state index contributed by atoms with van der Waals surface area (Å²) in [5, 5.41) is 12.1. The second kappa shape index (κ2) is 7.09. The van der Waals surface area contributed by atoms with E-state index in [-0.39, 0.29) is 11.8 Å². The third kappa shape index (κ3) is 3.74. The van der Waals surface area contributed by atoms with Gasteiger partial charge < -0.3 is 10.4 Å². The molecule has 1 amide bonds. The van der Waals surface area contributed by atoms with Crippen molar-refractivity contribution in [2.75, 3.05) is 6.54 Å². The van der Waals surface area contributed by atoms with Gasteiger partial charge in [-0.3, -0.25) is 9.59 Å². The molecular formula is C16H27NO3. The van der Waals surface area contributed by atoms with Gasteiger partial charge in [0.05, 0.1) is 11.8 Å². The van der Waals surface area contributed by atoms with Crippen molar-refractivity contribution >= 4 is 11.9 Å². The van der Waals surface area contributed by atoms with Crippen molar-refractivity contribution in [1.29, 1.82) is 0 Å². The first-order valence-corrected chi connectivity index (χ1v) is 8.12. The van der Waals surface area contributed by atoms with Crippen LogP contribution in [0, 0.1) is 23.7 Å². The average Bonchev–Trinajstić information content (AvgIpc) is 2.95. The molecule has 114 valence electrons. The van der Waals surface area contributed by atoms with E-state index in [1.165, 1.54) is 32.1 Å². The predicted octanol–water partition coefficient (Wildman–Crippen LogP) is 2.82. The smallest absolute Gasteiger partial charge is 0.307 e. The Bertz CT molecular complexity index is 348. The zero-order valence-corrected chi connectivity index (χ0v) is 12.4. The van der Waals surface area contributed by atoms with E-state index < -0.39 is 11.9 Å². The number of hydrogen-bond acceptors (Lipinski definition) is 2. The van der Waals surface area contributed by atoms with Crippen LogP contribution in [0.15, 0.2) is 0 Å². The molecular weight excluding hydrogens is 254 g/mol. The second-order valence-electron chi connectivity index (χ2n) is 6.52. The van der Waals surface area contributed by atoms with Crippen LogP contribution in [0.3, 0.4) is 0 Å². The van der Waals surface area contributed by atoms with Gasteiger partial charge in [0.2, 0.25) is 5.91 Å².